The molecular weight excluding hydrogens is 252 g/mol. The Kier molecular flexibility index (Phi) is 4.45. The van der Waals surface area contributed by atoms with Crippen molar-refractivity contribution >= 4 is 11.6 Å². The van der Waals surface area contributed by atoms with Gasteiger partial charge in [0.1, 0.15) is 0 Å². The van der Waals surface area contributed by atoms with Crippen LogP contribution < -0.4 is 10.2 Å². The third kappa shape index (κ3) is 2.86. The molecule has 0 aliphatic carbocycles. The molecule has 0 spiro atoms. The summed E-state index contributed by atoms with van der Waals surface area (Å²) < 4.78 is 5.30. The fraction of sp³-hybridized carbons (Fsp3) is 0.562. The molecule has 0 saturated carbocycles. The van der Waals surface area contributed by atoms with Crippen molar-refractivity contribution in [2.45, 2.75) is 20.3 Å². The lowest BCUT2D eigenvalue weighted by Gasteiger charge is -2.31. The van der Waals surface area contributed by atoms with Gasteiger partial charge in [-0.05, 0) is 50.1 Å². The molecule has 1 saturated heterocycles. The number of methoxy groups -OCH3 is 1. The molecule has 4 heteroatoms. The number of hydrogen-bond donors (Lipinski definition) is 1. The highest BCUT2D eigenvalue weighted by atomic mass is 16.5. The van der Waals surface area contributed by atoms with E-state index < -0.39 is 5.41 Å². The molecule has 110 valence electrons. The van der Waals surface area contributed by atoms with Crippen LogP contribution in [0.15, 0.2) is 18.2 Å². The van der Waals surface area contributed by atoms with Gasteiger partial charge in [0.15, 0.2) is 0 Å². The van der Waals surface area contributed by atoms with Crippen LogP contribution in [-0.2, 0) is 9.53 Å². The van der Waals surface area contributed by atoms with Crippen LogP contribution in [0.2, 0.25) is 0 Å². The van der Waals surface area contributed by atoms with E-state index >= 15 is 0 Å². The Balaban J connectivity index is 2.26. The van der Waals surface area contributed by atoms with Crippen molar-refractivity contribution in [3.63, 3.8) is 0 Å². The molecule has 1 atom stereocenters. The molecule has 20 heavy (non-hydrogen) atoms. The van der Waals surface area contributed by atoms with E-state index in [1.165, 1.54) is 11.1 Å². The van der Waals surface area contributed by atoms with Gasteiger partial charge in [0.05, 0.1) is 12.0 Å². The van der Waals surface area contributed by atoms with Crippen LogP contribution in [0.3, 0.4) is 0 Å². The van der Waals surface area contributed by atoms with E-state index in [0.29, 0.717) is 13.2 Å². The van der Waals surface area contributed by atoms with Gasteiger partial charge in [0.2, 0.25) is 5.91 Å². The first-order chi connectivity index (χ1) is 9.48. The number of anilines is 1. The smallest absolute Gasteiger partial charge is 0.236 e. The van der Waals surface area contributed by atoms with Crippen LogP contribution in [0.1, 0.15) is 17.5 Å². The van der Waals surface area contributed by atoms with Gasteiger partial charge in [0, 0.05) is 26.4 Å². The molecule has 0 bridgehead atoms. The third-order valence-corrected chi connectivity index (χ3v) is 4.02. The number of amides is 1. The highest BCUT2D eigenvalue weighted by Gasteiger charge is 2.43. The molecule has 1 unspecified atom stereocenters. The van der Waals surface area contributed by atoms with E-state index in [1.807, 2.05) is 19.2 Å². The van der Waals surface area contributed by atoms with Crippen molar-refractivity contribution in [1.29, 1.82) is 0 Å². The monoisotopic (exact) mass is 276 g/mol. The van der Waals surface area contributed by atoms with Crippen LogP contribution >= 0.6 is 0 Å². The minimum absolute atomic E-state index is 0.134. The second kappa shape index (κ2) is 5.94. The Labute approximate surface area is 121 Å². The fourth-order valence-electron chi connectivity index (χ4n) is 3.00. The summed E-state index contributed by atoms with van der Waals surface area (Å²) in [4.78, 5) is 14.7. The zero-order valence-electron chi connectivity index (χ0n) is 12.8. The lowest BCUT2D eigenvalue weighted by Crippen LogP contribution is -2.46. The Morgan fingerprint density at radius 1 is 1.35 bits per heavy atom. The van der Waals surface area contributed by atoms with E-state index in [2.05, 4.69) is 25.2 Å². The number of carbonyl (C=O) groups is 1. The summed E-state index contributed by atoms with van der Waals surface area (Å²) in [6, 6.07) is 6.21. The molecular formula is C16H24N2O2. The van der Waals surface area contributed by atoms with Gasteiger partial charge in [-0.15, -0.1) is 0 Å². The number of rotatable bonds is 4. The second-order valence-corrected chi connectivity index (χ2v) is 5.85. The zero-order chi connectivity index (χ0) is 14.8. The summed E-state index contributed by atoms with van der Waals surface area (Å²) in [5.74, 6) is 0.134. The molecule has 0 aromatic heterocycles. The molecule has 0 radical (unpaired) electrons. The third-order valence-electron chi connectivity index (χ3n) is 4.02. The molecule has 1 aliphatic heterocycles. The number of aryl methyl sites for hydroxylation is 2. The maximum absolute atomic E-state index is 12.9. The Morgan fingerprint density at radius 2 is 2.00 bits per heavy atom. The highest BCUT2D eigenvalue weighted by Crippen LogP contribution is 2.30. The Hall–Kier alpha value is -1.39. The van der Waals surface area contributed by atoms with Crippen LogP contribution in [-0.4, -0.2) is 39.8 Å². The predicted octanol–water partition coefficient (Wildman–Crippen LogP) is 1.89. The van der Waals surface area contributed by atoms with Crippen molar-refractivity contribution in [2.75, 3.05) is 38.8 Å². The molecule has 1 N–H and O–H groups in total. The average molecular weight is 276 g/mol. The van der Waals surface area contributed by atoms with E-state index in [-0.39, 0.29) is 5.91 Å². The minimum Gasteiger partial charge on any atom is -0.384 e. The van der Waals surface area contributed by atoms with Crippen molar-refractivity contribution in [2.24, 2.45) is 5.41 Å². The molecule has 1 fully saturated rings. The number of nitrogens with zero attached hydrogens (tertiary/aromatic N) is 1. The normalized spacial score (nSPS) is 22.0. The number of nitrogens with one attached hydrogen (secondary N) is 1. The number of hydrogen-bond acceptors (Lipinski definition) is 3. The maximum atomic E-state index is 12.9. The maximum Gasteiger partial charge on any atom is 0.236 e. The largest absolute Gasteiger partial charge is 0.384 e. The topological polar surface area (TPSA) is 41.6 Å². The molecule has 1 aromatic rings. The van der Waals surface area contributed by atoms with Crippen molar-refractivity contribution in [3.05, 3.63) is 29.3 Å². The van der Waals surface area contributed by atoms with Crippen LogP contribution in [0.25, 0.3) is 0 Å². The van der Waals surface area contributed by atoms with Gasteiger partial charge < -0.3 is 15.0 Å². The van der Waals surface area contributed by atoms with E-state index in [1.54, 1.807) is 12.0 Å². The summed E-state index contributed by atoms with van der Waals surface area (Å²) in [6.07, 6.45) is 0.828. The van der Waals surface area contributed by atoms with E-state index in [9.17, 15) is 4.79 Å². The van der Waals surface area contributed by atoms with Crippen LogP contribution in [0.4, 0.5) is 5.69 Å². The molecule has 1 heterocycles. The van der Waals surface area contributed by atoms with E-state index in [0.717, 1.165) is 18.7 Å². The van der Waals surface area contributed by atoms with Crippen LogP contribution in [0, 0.1) is 19.3 Å². The Bertz CT molecular complexity index is 473. The first-order valence-corrected chi connectivity index (χ1v) is 7.05. The van der Waals surface area contributed by atoms with Crippen molar-refractivity contribution < 1.29 is 9.53 Å². The average Bonchev–Trinajstić information content (AvgIpc) is 2.86. The lowest BCUT2D eigenvalue weighted by molar-refractivity contribution is -0.129. The second-order valence-electron chi connectivity index (χ2n) is 5.85. The molecule has 1 aliphatic rings. The van der Waals surface area contributed by atoms with Gasteiger partial charge >= 0.3 is 0 Å². The van der Waals surface area contributed by atoms with Gasteiger partial charge in [-0.2, -0.15) is 0 Å². The van der Waals surface area contributed by atoms with Gasteiger partial charge in [-0.3, -0.25) is 4.79 Å². The summed E-state index contributed by atoms with van der Waals surface area (Å²) in [5.41, 5.74) is 2.87. The summed E-state index contributed by atoms with van der Waals surface area (Å²) in [5, 5.41) is 3.28. The molecule has 1 amide bonds. The minimum atomic E-state index is -0.429. The first kappa shape index (κ1) is 15.0. The van der Waals surface area contributed by atoms with Crippen molar-refractivity contribution in [1.82, 2.24) is 5.32 Å². The molecule has 4 nitrogen and oxygen atoms in total. The lowest BCUT2D eigenvalue weighted by atomic mass is 9.86. The van der Waals surface area contributed by atoms with Gasteiger partial charge in [-0.1, -0.05) is 6.07 Å². The van der Waals surface area contributed by atoms with E-state index in [4.69, 9.17) is 4.74 Å². The molecule has 1 aromatic carbocycles. The summed E-state index contributed by atoms with van der Waals surface area (Å²) in [6.45, 7) is 6.13. The van der Waals surface area contributed by atoms with Gasteiger partial charge in [0.25, 0.3) is 0 Å². The summed E-state index contributed by atoms with van der Waals surface area (Å²) in [7, 11) is 3.51. The SMILES string of the molecule is COCC1(C(=O)N(C)c2cc(C)cc(C)c2)CCNC1. The standard InChI is InChI=1S/C16H24N2O2/c1-12-7-13(2)9-14(8-12)18(3)15(19)16(11-20-4)5-6-17-10-16/h7-9,17H,5-6,10-11H2,1-4H3. The molecule has 2 rings (SSSR count). The number of carbonyl (C=O) groups excluding carboxylic acids is 1. The highest BCUT2D eigenvalue weighted by molar-refractivity contribution is 5.97. The van der Waals surface area contributed by atoms with Gasteiger partial charge in [-0.25, -0.2) is 0 Å². The number of ether oxygens (including phenoxy) is 1. The van der Waals surface area contributed by atoms with Crippen molar-refractivity contribution in [3.8, 4) is 0 Å². The predicted molar refractivity (Wildman–Crippen MR) is 81.1 cm³/mol. The summed E-state index contributed by atoms with van der Waals surface area (Å²) >= 11 is 0. The fourth-order valence-corrected chi connectivity index (χ4v) is 3.00. The zero-order valence-corrected chi connectivity index (χ0v) is 12.8. The Morgan fingerprint density at radius 3 is 2.50 bits per heavy atom. The quantitative estimate of drug-likeness (QED) is 0.913. The first-order valence-electron chi connectivity index (χ1n) is 7.05. The van der Waals surface area contributed by atoms with Crippen LogP contribution in [0.5, 0.6) is 0 Å². The number of benzene rings is 1.